The van der Waals surface area contributed by atoms with Gasteiger partial charge in [-0.3, -0.25) is 9.69 Å². The van der Waals surface area contributed by atoms with E-state index in [1.165, 1.54) is 0 Å². The van der Waals surface area contributed by atoms with Crippen molar-refractivity contribution >= 4 is 11.9 Å². The molecule has 4 heteroatoms. The van der Waals surface area contributed by atoms with Crippen LogP contribution in [0.5, 0.6) is 0 Å². The maximum atomic E-state index is 11.9. The summed E-state index contributed by atoms with van der Waals surface area (Å²) in [6.07, 6.45) is 0. The third-order valence-corrected chi connectivity index (χ3v) is 1.99. The minimum atomic E-state index is -0.723. The van der Waals surface area contributed by atoms with Crippen molar-refractivity contribution in [2.24, 2.45) is 5.73 Å². The summed E-state index contributed by atoms with van der Waals surface area (Å²) in [7, 11) is 0. The highest BCUT2D eigenvalue weighted by Gasteiger charge is 2.22. The molecule has 0 saturated carbocycles. The monoisotopic (exact) mass is 206 g/mol. The lowest BCUT2D eigenvalue weighted by atomic mass is 10.2. The van der Waals surface area contributed by atoms with E-state index in [1.54, 1.807) is 44.2 Å². The Hall–Kier alpha value is -1.84. The van der Waals surface area contributed by atoms with Crippen molar-refractivity contribution in [1.29, 1.82) is 0 Å². The topological polar surface area (TPSA) is 63.4 Å². The van der Waals surface area contributed by atoms with Crippen molar-refractivity contribution in [2.45, 2.75) is 19.9 Å². The third-order valence-electron chi connectivity index (χ3n) is 1.99. The Bertz CT molecular complexity index is 360. The SMILES string of the molecule is CC(C)N(C(N)=O)C(=O)c1ccccc1. The fraction of sp³-hybridized carbons (Fsp3) is 0.273. The fourth-order valence-electron chi connectivity index (χ4n) is 1.31. The summed E-state index contributed by atoms with van der Waals surface area (Å²) in [6, 6.07) is 7.63. The second kappa shape index (κ2) is 4.59. The van der Waals surface area contributed by atoms with Crippen LogP contribution in [0.4, 0.5) is 4.79 Å². The number of nitrogens with two attached hydrogens (primary N) is 1. The van der Waals surface area contributed by atoms with E-state index >= 15 is 0 Å². The molecule has 0 radical (unpaired) electrons. The lowest BCUT2D eigenvalue weighted by Gasteiger charge is -2.22. The molecule has 15 heavy (non-hydrogen) atoms. The first kappa shape index (κ1) is 11.2. The van der Waals surface area contributed by atoms with Gasteiger partial charge in [-0.2, -0.15) is 0 Å². The van der Waals surface area contributed by atoms with Crippen molar-refractivity contribution in [1.82, 2.24) is 4.90 Å². The highest BCUT2D eigenvalue weighted by molar-refractivity contribution is 6.04. The molecule has 1 aromatic rings. The number of benzene rings is 1. The molecule has 2 N–H and O–H groups in total. The zero-order valence-electron chi connectivity index (χ0n) is 8.81. The number of carbonyl (C=O) groups is 2. The standard InChI is InChI=1S/C11H14N2O2/c1-8(2)13(11(12)15)10(14)9-6-4-3-5-7-9/h3-8H,1-2H3,(H2,12,15). The largest absolute Gasteiger partial charge is 0.351 e. The smallest absolute Gasteiger partial charge is 0.321 e. The number of primary amides is 1. The average molecular weight is 206 g/mol. The van der Waals surface area contributed by atoms with E-state index in [0.29, 0.717) is 5.56 Å². The van der Waals surface area contributed by atoms with Crippen LogP contribution >= 0.6 is 0 Å². The summed E-state index contributed by atoms with van der Waals surface area (Å²) in [5, 5.41) is 0. The number of amides is 3. The molecule has 4 nitrogen and oxygen atoms in total. The van der Waals surface area contributed by atoms with Gasteiger partial charge >= 0.3 is 6.03 Å². The number of imide groups is 1. The lowest BCUT2D eigenvalue weighted by Crippen LogP contribution is -2.45. The molecular weight excluding hydrogens is 192 g/mol. The van der Waals surface area contributed by atoms with Crippen LogP contribution < -0.4 is 5.73 Å². The zero-order valence-corrected chi connectivity index (χ0v) is 8.81. The second-order valence-corrected chi connectivity index (χ2v) is 3.47. The molecule has 0 spiro atoms. The van der Waals surface area contributed by atoms with Crippen molar-refractivity contribution in [3.63, 3.8) is 0 Å². The number of hydrogen-bond acceptors (Lipinski definition) is 2. The van der Waals surface area contributed by atoms with Gasteiger partial charge in [0, 0.05) is 11.6 Å². The minimum Gasteiger partial charge on any atom is -0.351 e. The summed E-state index contributed by atoms with van der Waals surface area (Å²) < 4.78 is 0. The Labute approximate surface area is 88.7 Å². The summed E-state index contributed by atoms with van der Waals surface area (Å²) in [4.78, 5) is 24.0. The van der Waals surface area contributed by atoms with Crippen LogP contribution in [0.2, 0.25) is 0 Å². The summed E-state index contributed by atoms with van der Waals surface area (Å²) >= 11 is 0. The summed E-state index contributed by atoms with van der Waals surface area (Å²) in [5.41, 5.74) is 5.61. The van der Waals surface area contributed by atoms with Gasteiger partial charge in [0.15, 0.2) is 0 Å². The van der Waals surface area contributed by atoms with Gasteiger partial charge in [-0.05, 0) is 26.0 Å². The Kier molecular flexibility index (Phi) is 3.44. The first-order valence-electron chi connectivity index (χ1n) is 4.72. The van der Waals surface area contributed by atoms with E-state index in [0.717, 1.165) is 4.90 Å². The number of rotatable bonds is 2. The first-order valence-corrected chi connectivity index (χ1v) is 4.72. The maximum absolute atomic E-state index is 11.9. The van der Waals surface area contributed by atoms with E-state index in [4.69, 9.17) is 5.73 Å². The predicted octanol–water partition coefficient (Wildman–Crippen LogP) is 1.62. The molecule has 1 aromatic carbocycles. The molecular formula is C11H14N2O2. The van der Waals surface area contributed by atoms with E-state index in [9.17, 15) is 9.59 Å². The molecule has 0 heterocycles. The molecule has 0 unspecified atom stereocenters. The molecule has 0 atom stereocenters. The van der Waals surface area contributed by atoms with Gasteiger partial charge < -0.3 is 5.73 Å². The quantitative estimate of drug-likeness (QED) is 0.799. The third kappa shape index (κ3) is 2.56. The molecule has 0 fully saturated rings. The van der Waals surface area contributed by atoms with Crippen LogP contribution in [0, 0.1) is 0 Å². The summed E-state index contributed by atoms with van der Waals surface area (Å²) in [5.74, 6) is -0.363. The summed E-state index contributed by atoms with van der Waals surface area (Å²) in [6.45, 7) is 3.48. The van der Waals surface area contributed by atoms with Crippen LogP contribution in [-0.2, 0) is 0 Å². The van der Waals surface area contributed by atoms with Crippen LogP contribution in [0.3, 0.4) is 0 Å². The molecule has 80 valence electrons. The van der Waals surface area contributed by atoms with E-state index < -0.39 is 6.03 Å². The highest BCUT2D eigenvalue weighted by atomic mass is 16.2. The fourth-order valence-corrected chi connectivity index (χ4v) is 1.31. The van der Waals surface area contributed by atoms with Gasteiger partial charge in [0.2, 0.25) is 0 Å². The van der Waals surface area contributed by atoms with Gasteiger partial charge in [-0.25, -0.2) is 4.79 Å². The molecule has 0 aromatic heterocycles. The van der Waals surface area contributed by atoms with E-state index in [-0.39, 0.29) is 11.9 Å². The molecule has 0 aliphatic rings. The van der Waals surface area contributed by atoms with Gasteiger partial charge in [0.25, 0.3) is 5.91 Å². The molecule has 0 aliphatic carbocycles. The zero-order chi connectivity index (χ0) is 11.4. The van der Waals surface area contributed by atoms with Gasteiger partial charge in [-0.1, -0.05) is 18.2 Å². The van der Waals surface area contributed by atoms with Gasteiger partial charge in [0.1, 0.15) is 0 Å². The minimum absolute atomic E-state index is 0.241. The normalized spacial score (nSPS) is 10.1. The number of urea groups is 1. The van der Waals surface area contributed by atoms with Crippen molar-refractivity contribution in [3.8, 4) is 0 Å². The van der Waals surface area contributed by atoms with Crippen LogP contribution in [0.1, 0.15) is 24.2 Å². The highest BCUT2D eigenvalue weighted by Crippen LogP contribution is 2.07. The second-order valence-electron chi connectivity index (χ2n) is 3.47. The average Bonchev–Trinajstić information content (AvgIpc) is 2.18. The van der Waals surface area contributed by atoms with Crippen LogP contribution in [-0.4, -0.2) is 22.9 Å². The molecule has 0 saturated heterocycles. The maximum Gasteiger partial charge on any atom is 0.321 e. The number of nitrogens with zero attached hydrogens (tertiary/aromatic N) is 1. The first-order chi connectivity index (χ1) is 7.04. The van der Waals surface area contributed by atoms with Crippen LogP contribution in [0.25, 0.3) is 0 Å². The number of hydrogen-bond donors (Lipinski definition) is 1. The number of carbonyl (C=O) groups excluding carboxylic acids is 2. The Morgan fingerprint density at radius 3 is 2.13 bits per heavy atom. The van der Waals surface area contributed by atoms with Crippen molar-refractivity contribution in [2.75, 3.05) is 0 Å². The van der Waals surface area contributed by atoms with E-state index in [2.05, 4.69) is 0 Å². The van der Waals surface area contributed by atoms with E-state index in [1.807, 2.05) is 0 Å². The molecule has 1 rings (SSSR count). The van der Waals surface area contributed by atoms with Crippen LogP contribution in [0.15, 0.2) is 30.3 Å². The predicted molar refractivity (Wildman–Crippen MR) is 57.3 cm³/mol. The Morgan fingerprint density at radius 2 is 1.73 bits per heavy atom. The Balaban J connectivity index is 2.97. The van der Waals surface area contributed by atoms with Crippen molar-refractivity contribution < 1.29 is 9.59 Å². The van der Waals surface area contributed by atoms with Gasteiger partial charge in [-0.15, -0.1) is 0 Å². The molecule has 3 amide bonds. The lowest BCUT2D eigenvalue weighted by molar-refractivity contribution is 0.0772. The van der Waals surface area contributed by atoms with Crippen molar-refractivity contribution in [3.05, 3.63) is 35.9 Å². The van der Waals surface area contributed by atoms with Gasteiger partial charge in [0.05, 0.1) is 0 Å². The molecule has 0 bridgehead atoms. The molecule has 0 aliphatic heterocycles. The Morgan fingerprint density at radius 1 is 1.20 bits per heavy atom.